The Labute approximate surface area is 188 Å². The van der Waals surface area contributed by atoms with E-state index in [-0.39, 0.29) is 10.8 Å². The van der Waals surface area contributed by atoms with E-state index in [0.29, 0.717) is 23.3 Å². The molecule has 2 atom stereocenters. The molecule has 4 fully saturated rings. The van der Waals surface area contributed by atoms with Gasteiger partial charge in [-0.25, -0.2) is 8.42 Å². The van der Waals surface area contributed by atoms with Crippen LogP contribution in [0.15, 0.2) is 23.1 Å². The molecule has 9 heteroatoms. The number of amides is 2. The normalized spacial score (nSPS) is 32.1. The van der Waals surface area contributed by atoms with Gasteiger partial charge in [0, 0.05) is 10.6 Å². The van der Waals surface area contributed by atoms with Crippen molar-refractivity contribution in [1.82, 2.24) is 10.0 Å². The molecular weight excluding hydrogens is 438 g/mol. The van der Waals surface area contributed by atoms with Gasteiger partial charge in [-0.2, -0.15) is 4.72 Å². The Kier molecular flexibility index (Phi) is 5.23. The van der Waals surface area contributed by atoms with Gasteiger partial charge in [0.05, 0.1) is 10.3 Å². The van der Waals surface area contributed by atoms with Gasteiger partial charge in [0.25, 0.3) is 0 Å². The van der Waals surface area contributed by atoms with Crippen LogP contribution in [0.25, 0.3) is 0 Å². The Bertz CT molecular complexity index is 1040. The van der Waals surface area contributed by atoms with Gasteiger partial charge in [0.2, 0.25) is 21.8 Å². The van der Waals surface area contributed by atoms with Gasteiger partial charge >= 0.3 is 0 Å². The third kappa shape index (κ3) is 3.98. The van der Waals surface area contributed by atoms with Crippen LogP contribution in [0, 0.1) is 24.2 Å². The largest absolute Gasteiger partial charge is 0.369 e. The Morgan fingerprint density at radius 1 is 1.16 bits per heavy atom. The summed E-state index contributed by atoms with van der Waals surface area (Å²) in [4.78, 5) is 25.6. The van der Waals surface area contributed by atoms with E-state index in [2.05, 4.69) is 10.0 Å². The molecule has 4 saturated carbocycles. The van der Waals surface area contributed by atoms with E-state index in [1.54, 1.807) is 26.8 Å². The maximum absolute atomic E-state index is 13.3. The average molecular weight is 468 g/mol. The van der Waals surface area contributed by atoms with Gasteiger partial charge in [-0.05, 0) is 88.8 Å². The van der Waals surface area contributed by atoms with Gasteiger partial charge in [0.1, 0.15) is 5.54 Å². The zero-order valence-electron chi connectivity index (χ0n) is 18.1. The summed E-state index contributed by atoms with van der Waals surface area (Å²) in [6, 6.07) is 4.47. The summed E-state index contributed by atoms with van der Waals surface area (Å²) in [7, 11) is -3.96. The van der Waals surface area contributed by atoms with Crippen molar-refractivity contribution in [2.45, 2.75) is 75.3 Å². The SMILES string of the molecule is Cc1ccc(S(=O)(=O)NC(C)(C)C(=O)NC23CC4CC(C2)CC(C(N)=O)(C4)C3)cc1Cl. The lowest BCUT2D eigenvalue weighted by Crippen LogP contribution is -2.68. The lowest BCUT2D eigenvalue weighted by atomic mass is 9.46. The van der Waals surface area contributed by atoms with E-state index in [0.717, 1.165) is 37.7 Å². The summed E-state index contributed by atoms with van der Waals surface area (Å²) in [5.74, 6) is 0.0411. The molecule has 0 aromatic heterocycles. The van der Waals surface area contributed by atoms with Crippen molar-refractivity contribution in [2.75, 3.05) is 0 Å². The molecule has 1 aromatic carbocycles. The number of sulfonamides is 1. The zero-order valence-corrected chi connectivity index (χ0v) is 19.7. The second-order valence-corrected chi connectivity index (χ2v) is 12.6. The summed E-state index contributed by atoms with van der Waals surface area (Å²) in [6.45, 7) is 4.87. The molecule has 0 spiro atoms. The van der Waals surface area contributed by atoms with Gasteiger partial charge in [-0.1, -0.05) is 17.7 Å². The van der Waals surface area contributed by atoms with Crippen LogP contribution in [0.3, 0.4) is 0 Å². The molecular formula is C22H30ClN3O4S. The first-order valence-electron chi connectivity index (χ1n) is 10.7. The van der Waals surface area contributed by atoms with Crippen LogP contribution in [-0.4, -0.2) is 31.3 Å². The predicted molar refractivity (Wildman–Crippen MR) is 118 cm³/mol. The summed E-state index contributed by atoms with van der Waals surface area (Å²) in [5, 5.41) is 3.48. The van der Waals surface area contributed by atoms with Gasteiger partial charge in [-0.3, -0.25) is 9.59 Å². The summed E-state index contributed by atoms with van der Waals surface area (Å²) in [5.41, 5.74) is 4.10. The predicted octanol–water partition coefficient (Wildman–Crippen LogP) is 2.65. The number of nitrogens with two attached hydrogens (primary N) is 1. The van der Waals surface area contributed by atoms with Crippen LogP contribution < -0.4 is 15.8 Å². The molecule has 4 N–H and O–H groups in total. The van der Waals surface area contributed by atoms with Gasteiger partial charge in [0.15, 0.2) is 0 Å². The third-order valence-corrected chi connectivity index (χ3v) is 9.43. The number of hydrogen-bond acceptors (Lipinski definition) is 4. The highest BCUT2D eigenvalue weighted by Gasteiger charge is 2.61. The fourth-order valence-corrected chi connectivity index (χ4v) is 7.92. The van der Waals surface area contributed by atoms with Gasteiger partial charge in [-0.15, -0.1) is 0 Å². The lowest BCUT2D eigenvalue weighted by molar-refractivity contribution is -0.151. The molecule has 0 heterocycles. The molecule has 0 radical (unpaired) electrons. The lowest BCUT2D eigenvalue weighted by Gasteiger charge is -2.61. The van der Waals surface area contributed by atoms with Gasteiger partial charge < -0.3 is 11.1 Å². The van der Waals surface area contributed by atoms with Crippen molar-refractivity contribution in [2.24, 2.45) is 23.0 Å². The summed E-state index contributed by atoms with van der Waals surface area (Å²) < 4.78 is 28.3. The number of primary amides is 1. The second-order valence-electron chi connectivity index (χ2n) is 10.5. The van der Waals surface area contributed by atoms with Crippen molar-refractivity contribution in [3.8, 4) is 0 Å². The second kappa shape index (κ2) is 7.18. The van der Waals surface area contributed by atoms with Crippen molar-refractivity contribution in [3.05, 3.63) is 28.8 Å². The van der Waals surface area contributed by atoms with E-state index >= 15 is 0 Å². The molecule has 4 aliphatic carbocycles. The highest BCUT2D eigenvalue weighted by molar-refractivity contribution is 7.89. The maximum Gasteiger partial charge on any atom is 0.241 e. The van der Waals surface area contributed by atoms with E-state index in [4.69, 9.17) is 17.3 Å². The molecule has 5 rings (SSSR count). The number of nitrogens with one attached hydrogen (secondary N) is 2. The molecule has 2 amide bonds. The Morgan fingerprint density at radius 3 is 2.32 bits per heavy atom. The van der Waals surface area contributed by atoms with Crippen molar-refractivity contribution < 1.29 is 18.0 Å². The van der Waals surface area contributed by atoms with Crippen LogP contribution in [0.5, 0.6) is 0 Å². The van der Waals surface area contributed by atoms with Crippen LogP contribution in [-0.2, 0) is 19.6 Å². The number of rotatable bonds is 6. The number of aryl methyl sites for hydroxylation is 1. The molecule has 0 aliphatic heterocycles. The first kappa shape index (κ1) is 22.6. The van der Waals surface area contributed by atoms with Crippen LogP contribution in [0.1, 0.15) is 57.9 Å². The number of benzene rings is 1. The molecule has 170 valence electrons. The molecule has 0 saturated heterocycles. The van der Waals surface area contributed by atoms with E-state index in [1.165, 1.54) is 12.1 Å². The number of carbonyl (C=O) groups is 2. The minimum absolute atomic E-state index is 0.00598. The molecule has 7 nitrogen and oxygen atoms in total. The topological polar surface area (TPSA) is 118 Å². The van der Waals surface area contributed by atoms with Crippen molar-refractivity contribution in [1.29, 1.82) is 0 Å². The Hall–Kier alpha value is -1.64. The zero-order chi connectivity index (χ0) is 22.8. The number of halogens is 1. The fraction of sp³-hybridized carbons (Fsp3) is 0.636. The Morgan fingerprint density at radius 2 is 1.77 bits per heavy atom. The van der Waals surface area contributed by atoms with Crippen LogP contribution in [0.2, 0.25) is 5.02 Å². The summed E-state index contributed by atoms with van der Waals surface area (Å²) >= 11 is 6.09. The molecule has 2 unspecified atom stereocenters. The monoisotopic (exact) mass is 467 g/mol. The maximum atomic E-state index is 13.3. The molecule has 4 aliphatic rings. The minimum Gasteiger partial charge on any atom is -0.369 e. The highest BCUT2D eigenvalue weighted by Crippen LogP contribution is 2.61. The van der Waals surface area contributed by atoms with E-state index in [1.807, 2.05) is 0 Å². The average Bonchev–Trinajstić information content (AvgIpc) is 2.61. The minimum atomic E-state index is -3.96. The Balaban J connectivity index is 1.54. The first-order valence-corrected chi connectivity index (χ1v) is 12.5. The van der Waals surface area contributed by atoms with Crippen LogP contribution in [0.4, 0.5) is 0 Å². The number of carbonyl (C=O) groups excluding carboxylic acids is 2. The molecule has 1 aromatic rings. The summed E-state index contributed by atoms with van der Waals surface area (Å²) in [6.07, 6.45) is 4.80. The third-order valence-electron chi connectivity index (χ3n) is 7.37. The van der Waals surface area contributed by atoms with E-state index < -0.39 is 32.4 Å². The number of hydrogen-bond donors (Lipinski definition) is 3. The standard InChI is InChI=1S/C22H30ClN3O4S/c1-13-4-5-16(7-17(13)23)31(29,30)26-20(2,3)19(28)25-22-10-14-6-15(11-22)9-21(8-14,12-22)18(24)27/h4-5,7,14-15,26H,6,8-12H2,1-3H3,(H2,24,27)(H,25,28). The van der Waals surface area contributed by atoms with Crippen molar-refractivity contribution in [3.63, 3.8) is 0 Å². The smallest absolute Gasteiger partial charge is 0.241 e. The first-order chi connectivity index (χ1) is 14.3. The quantitative estimate of drug-likeness (QED) is 0.595. The molecule has 4 bridgehead atoms. The van der Waals surface area contributed by atoms with E-state index in [9.17, 15) is 18.0 Å². The van der Waals surface area contributed by atoms with Crippen LogP contribution >= 0.6 is 11.6 Å². The highest BCUT2D eigenvalue weighted by atomic mass is 35.5. The fourth-order valence-electron chi connectivity index (χ4n) is 6.28. The molecule has 31 heavy (non-hydrogen) atoms. The van der Waals surface area contributed by atoms with Crippen molar-refractivity contribution >= 4 is 33.4 Å².